The highest BCUT2D eigenvalue weighted by atomic mass is 35.5. The Balaban J connectivity index is 1.79. The number of halogens is 1. The highest BCUT2D eigenvalue weighted by Gasteiger charge is 2.19. The predicted octanol–water partition coefficient (Wildman–Crippen LogP) is 3.53. The zero-order valence-electron chi connectivity index (χ0n) is 16.8. The maximum atomic E-state index is 13.0. The van der Waals surface area contributed by atoms with E-state index in [0.717, 1.165) is 5.56 Å². The highest BCUT2D eigenvalue weighted by molar-refractivity contribution is 7.98. The maximum absolute atomic E-state index is 13.0. The number of thioether (sulfide) groups is 1. The molecule has 0 saturated carbocycles. The van der Waals surface area contributed by atoms with Crippen molar-refractivity contribution in [3.05, 3.63) is 64.8 Å². The Bertz CT molecular complexity index is 1020. The van der Waals surface area contributed by atoms with E-state index in [4.69, 9.17) is 16.3 Å². The van der Waals surface area contributed by atoms with Gasteiger partial charge < -0.3 is 15.0 Å². The van der Waals surface area contributed by atoms with E-state index < -0.39 is 0 Å². The quantitative estimate of drug-likeness (QED) is 0.416. The van der Waals surface area contributed by atoms with Gasteiger partial charge in [0.1, 0.15) is 23.0 Å². The third-order valence-electron chi connectivity index (χ3n) is 4.20. The summed E-state index contributed by atoms with van der Waals surface area (Å²) in [7, 11) is 3.26. The molecule has 156 valence electrons. The van der Waals surface area contributed by atoms with Crippen LogP contribution in [0.3, 0.4) is 0 Å². The summed E-state index contributed by atoms with van der Waals surface area (Å²) in [5, 5.41) is 4.31. The van der Waals surface area contributed by atoms with Crippen molar-refractivity contribution in [3.8, 4) is 5.75 Å². The Morgan fingerprint density at radius 3 is 2.70 bits per heavy atom. The lowest BCUT2D eigenvalue weighted by Gasteiger charge is -2.18. The number of nitrogens with one attached hydrogen (secondary N) is 1. The minimum Gasteiger partial charge on any atom is -0.495 e. The number of aromatic nitrogens is 4. The van der Waals surface area contributed by atoms with Crippen LogP contribution in [0.4, 0.5) is 5.82 Å². The van der Waals surface area contributed by atoms with Crippen molar-refractivity contribution in [2.45, 2.75) is 18.2 Å². The van der Waals surface area contributed by atoms with Gasteiger partial charge in [0, 0.05) is 32.2 Å². The van der Waals surface area contributed by atoms with Gasteiger partial charge in [-0.3, -0.25) is 4.79 Å². The maximum Gasteiger partial charge on any atom is 0.259 e. The Labute approximate surface area is 184 Å². The third kappa shape index (κ3) is 5.37. The molecule has 10 heteroatoms. The number of hydrogen-bond donors (Lipinski definition) is 1. The molecular weight excluding hydrogens is 424 g/mol. The Morgan fingerprint density at radius 1 is 1.27 bits per heavy atom. The number of amides is 1. The van der Waals surface area contributed by atoms with E-state index in [1.165, 1.54) is 22.9 Å². The van der Waals surface area contributed by atoms with Crippen LogP contribution in [0, 0.1) is 0 Å². The summed E-state index contributed by atoms with van der Waals surface area (Å²) in [5.41, 5.74) is 1.29. The lowest BCUT2D eigenvalue weighted by Crippen LogP contribution is -2.28. The van der Waals surface area contributed by atoms with Gasteiger partial charge in [0.15, 0.2) is 5.16 Å². The normalized spacial score (nSPS) is 10.5. The second-order valence-electron chi connectivity index (χ2n) is 6.27. The predicted molar refractivity (Wildman–Crippen MR) is 117 cm³/mol. The van der Waals surface area contributed by atoms with Gasteiger partial charge in [-0.15, -0.1) is 0 Å². The van der Waals surface area contributed by atoms with Crippen LogP contribution in [0.2, 0.25) is 5.02 Å². The summed E-state index contributed by atoms with van der Waals surface area (Å²) in [4.78, 5) is 31.6. The minimum absolute atomic E-state index is 0.231. The summed E-state index contributed by atoms with van der Waals surface area (Å²) in [6.07, 6.45) is 6.70. The van der Waals surface area contributed by atoms with Gasteiger partial charge in [0.05, 0.1) is 18.7 Å². The van der Waals surface area contributed by atoms with Gasteiger partial charge in [0.25, 0.3) is 5.91 Å². The lowest BCUT2D eigenvalue weighted by atomic mass is 10.2. The average molecular weight is 445 g/mol. The van der Waals surface area contributed by atoms with Crippen LogP contribution in [0.1, 0.15) is 21.7 Å². The van der Waals surface area contributed by atoms with Crippen molar-refractivity contribution >= 4 is 35.1 Å². The number of hydrogen-bond acceptors (Lipinski definition) is 8. The van der Waals surface area contributed by atoms with Crippen LogP contribution in [-0.4, -0.2) is 51.2 Å². The molecule has 0 unspecified atom stereocenters. The van der Waals surface area contributed by atoms with Crippen LogP contribution >= 0.6 is 23.4 Å². The fourth-order valence-electron chi connectivity index (χ4n) is 2.66. The first-order valence-corrected chi connectivity index (χ1v) is 10.6. The molecule has 30 heavy (non-hydrogen) atoms. The number of ether oxygens (including phenoxy) is 1. The molecule has 0 fully saturated rings. The minimum atomic E-state index is -0.231. The molecule has 0 bridgehead atoms. The van der Waals surface area contributed by atoms with Gasteiger partial charge in [-0.25, -0.2) is 19.9 Å². The summed E-state index contributed by atoms with van der Waals surface area (Å²) in [6.45, 7) is 0.706. The van der Waals surface area contributed by atoms with Crippen LogP contribution in [0.25, 0.3) is 0 Å². The first kappa shape index (κ1) is 21.8. The van der Waals surface area contributed by atoms with E-state index in [9.17, 15) is 4.79 Å². The number of benzene rings is 1. The molecule has 2 heterocycles. The summed E-state index contributed by atoms with van der Waals surface area (Å²) in [6, 6.07) is 7.24. The second-order valence-corrected chi connectivity index (χ2v) is 7.45. The van der Waals surface area contributed by atoms with Gasteiger partial charge in [-0.2, -0.15) is 0 Å². The number of methoxy groups -OCH3 is 1. The van der Waals surface area contributed by atoms with Crippen LogP contribution < -0.4 is 10.1 Å². The molecule has 0 radical (unpaired) electrons. The molecule has 0 atom stereocenters. The SMILES string of the molecule is COc1ccc(CNc2nc(SC)ncc2C(=O)N(C)Cc2ncccn2)cc1Cl. The van der Waals surface area contributed by atoms with Gasteiger partial charge in [-0.1, -0.05) is 29.4 Å². The number of anilines is 1. The zero-order valence-corrected chi connectivity index (χ0v) is 18.4. The van der Waals surface area contributed by atoms with Crippen molar-refractivity contribution in [2.75, 3.05) is 25.7 Å². The number of nitrogens with zero attached hydrogens (tertiary/aromatic N) is 5. The van der Waals surface area contributed by atoms with E-state index in [1.54, 1.807) is 38.7 Å². The third-order valence-corrected chi connectivity index (χ3v) is 5.06. The number of carbonyl (C=O) groups excluding carboxylic acids is 1. The first-order valence-electron chi connectivity index (χ1n) is 9.00. The summed E-state index contributed by atoms with van der Waals surface area (Å²) in [5.74, 6) is 1.38. The van der Waals surface area contributed by atoms with Gasteiger partial charge >= 0.3 is 0 Å². The molecule has 3 aromatic rings. The Morgan fingerprint density at radius 2 is 2.03 bits per heavy atom. The van der Waals surface area contributed by atoms with Gasteiger partial charge in [0.2, 0.25) is 0 Å². The molecule has 0 spiro atoms. The van der Waals surface area contributed by atoms with Crippen LogP contribution in [0.15, 0.2) is 48.0 Å². The molecule has 0 aliphatic heterocycles. The molecule has 1 N–H and O–H groups in total. The lowest BCUT2D eigenvalue weighted by molar-refractivity contribution is 0.0781. The van der Waals surface area contributed by atoms with E-state index in [-0.39, 0.29) is 12.5 Å². The van der Waals surface area contributed by atoms with Gasteiger partial charge in [-0.05, 0) is 30.0 Å². The molecule has 0 aliphatic rings. The molecule has 3 rings (SSSR count). The zero-order chi connectivity index (χ0) is 21.5. The standard InChI is InChI=1S/C20H21ClN6O2S/c1-27(12-17-22-7-4-8-23-17)19(28)14-11-25-20(30-3)26-18(14)24-10-13-5-6-16(29-2)15(21)9-13/h4-9,11H,10,12H2,1-3H3,(H,24,25,26). The van der Waals surface area contributed by atoms with Crippen molar-refractivity contribution in [3.63, 3.8) is 0 Å². The van der Waals surface area contributed by atoms with E-state index in [1.807, 2.05) is 18.4 Å². The molecule has 2 aromatic heterocycles. The fraction of sp³-hybridized carbons (Fsp3) is 0.250. The van der Waals surface area contributed by atoms with Crippen molar-refractivity contribution in [1.82, 2.24) is 24.8 Å². The second kappa shape index (κ2) is 10.2. The van der Waals surface area contributed by atoms with E-state index >= 15 is 0 Å². The van der Waals surface area contributed by atoms with Crippen LogP contribution in [-0.2, 0) is 13.1 Å². The van der Waals surface area contributed by atoms with Crippen LogP contribution in [0.5, 0.6) is 5.75 Å². The smallest absolute Gasteiger partial charge is 0.259 e. The molecule has 8 nitrogen and oxygen atoms in total. The van der Waals surface area contributed by atoms with E-state index in [2.05, 4.69) is 25.3 Å². The topological polar surface area (TPSA) is 93.1 Å². The summed E-state index contributed by atoms with van der Waals surface area (Å²) < 4.78 is 5.18. The summed E-state index contributed by atoms with van der Waals surface area (Å²) >= 11 is 7.60. The molecule has 0 aliphatic carbocycles. The number of rotatable bonds is 8. The van der Waals surface area contributed by atoms with Crippen molar-refractivity contribution < 1.29 is 9.53 Å². The first-order chi connectivity index (χ1) is 14.5. The highest BCUT2D eigenvalue weighted by Crippen LogP contribution is 2.26. The largest absolute Gasteiger partial charge is 0.495 e. The van der Waals surface area contributed by atoms with Crippen molar-refractivity contribution in [2.24, 2.45) is 0 Å². The Hall–Kier alpha value is -2.91. The molecule has 1 aromatic carbocycles. The molecule has 1 amide bonds. The Kier molecular flexibility index (Phi) is 7.42. The number of carbonyl (C=O) groups is 1. The monoisotopic (exact) mass is 444 g/mol. The fourth-order valence-corrected chi connectivity index (χ4v) is 3.28. The van der Waals surface area contributed by atoms with Crippen molar-refractivity contribution in [1.29, 1.82) is 0 Å². The van der Waals surface area contributed by atoms with E-state index in [0.29, 0.717) is 39.7 Å². The molecule has 0 saturated heterocycles. The average Bonchev–Trinajstić information content (AvgIpc) is 2.77. The molecular formula is C20H21ClN6O2S.